The predicted octanol–water partition coefficient (Wildman–Crippen LogP) is 2.46. The minimum Gasteiger partial charge on any atom is -0.539 e. The van der Waals surface area contributed by atoms with Crippen molar-refractivity contribution in [3.05, 3.63) is 58.6 Å². The zero-order valence-corrected chi connectivity index (χ0v) is 19.1. The average molecular weight is 491 g/mol. The lowest BCUT2D eigenvalue weighted by molar-refractivity contribution is -0.672. The van der Waals surface area contributed by atoms with Crippen LogP contribution in [0.5, 0.6) is 11.7 Å². The maximum atomic E-state index is 13.0. The van der Waals surface area contributed by atoms with Crippen molar-refractivity contribution in [1.29, 1.82) is 10.5 Å². The molecule has 0 unspecified atom stereocenters. The largest absolute Gasteiger partial charge is 0.539 e. The summed E-state index contributed by atoms with van der Waals surface area (Å²) >= 11 is 2.27. The highest BCUT2D eigenvalue weighted by molar-refractivity contribution is 8.00. The van der Waals surface area contributed by atoms with Crippen LogP contribution in [0.1, 0.15) is 21.6 Å². The first-order valence-electron chi connectivity index (χ1n) is 9.55. The fraction of sp³-hybridized carbons (Fsp3) is 0.0909. The monoisotopic (exact) mass is 490 g/mol. The second-order valence-electron chi connectivity index (χ2n) is 6.66. The lowest BCUT2D eigenvalue weighted by Crippen LogP contribution is -2.39. The molecular formula is C22H14N6O4S2. The number of carbonyl (C=O) groups excluding carboxylic acids is 1. The van der Waals surface area contributed by atoms with Gasteiger partial charge in [0, 0.05) is 22.6 Å². The third-order valence-corrected chi connectivity index (χ3v) is 6.58. The molecule has 2 N–H and O–H groups in total. The summed E-state index contributed by atoms with van der Waals surface area (Å²) in [6.07, 6.45) is 0. The number of hydrogen-bond acceptors (Lipinski definition) is 11. The molecule has 0 fully saturated rings. The van der Waals surface area contributed by atoms with E-state index in [1.54, 1.807) is 36.4 Å². The summed E-state index contributed by atoms with van der Waals surface area (Å²) in [5.74, 6) is -1.19. The summed E-state index contributed by atoms with van der Waals surface area (Å²) in [5, 5.41) is 37.3. The van der Waals surface area contributed by atoms with Crippen molar-refractivity contribution in [2.24, 2.45) is 0 Å². The van der Waals surface area contributed by atoms with Gasteiger partial charge in [0.05, 0.1) is 23.7 Å². The molecule has 0 radical (unpaired) electrons. The Hall–Kier alpha value is -4.39. The Labute approximate surface area is 201 Å². The van der Waals surface area contributed by atoms with E-state index in [1.807, 2.05) is 11.4 Å². The van der Waals surface area contributed by atoms with E-state index in [1.165, 1.54) is 18.4 Å². The van der Waals surface area contributed by atoms with Gasteiger partial charge in [0.1, 0.15) is 34.3 Å². The molecule has 4 aromatic rings. The van der Waals surface area contributed by atoms with Gasteiger partial charge in [0.15, 0.2) is 5.95 Å². The molecule has 4 rings (SSSR count). The van der Waals surface area contributed by atoms with Crippen LogP contribution in [0.2, 0.25) is 0 Å². The Balaban J connectivity index is 1.67. The maximum Gasteiger partial charge on any atom is 0.307 e. The summed E-state index contributed by atoms with van der Waals surface area (Å²) < 4.78 is 10.9. The highest BCUT2D eigenvalue weighted by Gasteiger charge is 2.29. The number of anilines is 1. The van der Waals surface area contributed by atoms with Crippen LogP contribution in [0.4, 0.5) is 5.82 Å². The molecular weight excluding hydrogens is 476 g/mol. The summed E-state index contributed by atoms with van der Waals surface area (Å²) in [6, 6.07) is 14.2. The zero-order chi connectivity index (χ0) is 24.2. The van der Waals surface area contributed by atoms with E-state index >= 15 is 0 Å². The number of aromatic nitrogens is 3. The van der Waals surface area contributed by atoms with Gasteiger partial charge in [-0.1, -0.05) is 17.8 Å². The van der Waals surface area contributed by atoms with E-state index in [9.17, 15) is 20.4 Å². The molecule has 0 atom stereocenters. The van der Waals surface area contributed by atoms with Gasteiger partial charge in [-0.3, -0.25) is 4.79 Å². The van der Waals surface area contributed by atoms with Crippen LogP contribution >= 0.6 is 23.1 Å². The number of ether oxygens (including phenoxy) is 1. The Morgan fingerprint density at radius 3 is 2.62 bits per heavy atom. The highest BCUT2D eigenvalue weighted by atomic mass is 32.2. The van der Waals surface area contributed by atoms with Gasteiger partial charge >= 0.3 is 5.69 Å². The first-order valence-corrected chi connectivity index (χ1v) is 11.4. The van der Waals surface area contributed by atoms with Crippen molar-refractivity contribution in [3.63, 3.8) is 0 Å². The van der Waals surface area contributed by atoms with Gasteiger partial charge in [0.2, 0.25) is 11.5 Å². The molecule has 34 heavy (non-hydrogen) atoms. The summed E-state index contributed by atoms with van der Waals surface area (Å²) in [4.78, 5) is 17.8. The van der Waals surface area contributed by atoms with Crippen LogP contribution in [0.3, 0.4) is 0 Å². The first-order chi connectivity index (χ1) is 16.5. The van der Waals surface area contributed by atoms with Crippen LogP contribution in [0.25, 0.3) is 16.1 Å². The average Bonchev–Trinajstić information content (AvgIpc) is 3.52. The fourth-order valence-electron chi connectivity index (χ4n) is 3.15. The van der Waals surface area contributed by atoms with E-state index in [4.69, 9.17) is 15.0 Å². The molecule has 0 spiro atoms. The van der Waals surface area contributed by atoms with Crippen molar-refractivity contribution in [2.45, 2.75) is 5.03 Å². The van der Waals surface area contributed by atoms with Gasteiger partial charge in [-0.15, -0.1) is 11.3 Å². The molecule has 0 aliphatic carbocycles. The molecule has 168 valence electrons. The highest BCUT2D eigenvalue weighted by Crippen LogP contribution is 2.37. The van der Waals surface area contributed by atoms with E-state index in [0.29, 0.717) is 21.9 Å². The third-order valence-electron chi connectivity index (χ3n) is 4.71. The van der Waals surface area contributed by atoms with Crippen molar-refractivity contribution in [1.82, 2.24) is 10.3 Å². The van der Waals surface area contributed by atoms with Crippen molar-refractivity contribution >= 4 is 34.7 Å². The molecule has 0 aliphatic rings. The number of nitrogen functional groups attached to an aromatic ring is 1. The van der Waals surface area contributed by atoms with Crippen LogP contribution in [0, 0.1) is 22.7 Å². The molecule has 0 bridgehead atoms. The van der Waals surface area contributed by atoms with Crippen molar-refractivity contribution in [2.75, 3.05) is 18.6 Å². The normalized spacial score (nSPS) is 10.4. The number of nitrogens with zero attached hydrogens (tertiary/aromatic N) is 5. The second-order valence-corrected chi connectivity index (χ2v) is 8.57. The van der Waals surface area contributed by atoms with Crippen LogP contribution in [-0.2, 0) is 0 Å². The molecule has 3 aromatic heterocycles. The smallest absolute Gasteiger partial charge is 0.307 e. The molecule has 10 nitrogen and oxygen atoms in total. The number of nitriles is 2. The minimum atomic E-state index is -0.895. The lowest BCUT2D eigenvalue weighted by Gasteiger charge is -2.11. The Kier molecular flexibility index (Phi) is 6.45. The Morgan fingerprint density at radius 1 is 1.26 bits per heavy atom. The molecule has 0 saturated carbocycles. The first kappa shape index (κ1) is 22.8. The maximum absolute atomic E-state index is 13.0. The van der Waals surface area contributed by atoms with Crippen LogP contribution in [-0.4, -0.2) is 28.9 Å². The summed E-state index contributed by atoms with van der Waals surface area (Å²) in [5.41, 5.74) is 6.72. The van der Waals surface area contributed by atoms with Gasteiger partial charge in [-0.2, -0.15) is 10.5 Å². The lowest BCUT2D eigenvalue weighted by atomic mass is 10.0. The van der Waals surface area contributed by atoms with Crippen LogP contribution < -0.4 is 20.3 Å². The van der Waals surface area contributed by atoms with E-state index in [0.717, 1.165) is 16.4 Å². The minimum absolute atomic E-state index is 0.0531. The third kappa shape index (κ3) is 4.15. The number of rotatable bonds is 7. The Bertz CT molecular complexity index is 1450. The van der Waals surface area contributed by atoms with E-state index in [2.05, 4.69) is 16.3 Å². The van der Waals surface area contributed by atoms with Gasteiger partial charge in [-0.25, -0.2) is 4.98 Å². The van der Waals surface area contributed by atoms with Gasteiger partial charge < -0.3 is 20.1 Å². The fourth-order valence-corrected chi connectivity index (χ4v) is 4.79. The quantitative estimate of drug-likeness (QED) is 0.231. The zero-order valence-electron chi connectivity index (χ0n) is 17.5. The number of hydrogen-bond donors (Lipinski definition) is 1. The molecule has 1 aromatic carbocycles. The van der Waals surface area contributed by atoms with Crippen molar-refractivity contribution in [3.8, 4) is 40.0 Å². The number of ketones is 1. The van der Waals surface area contributed by atoms with Gasteiger partial charge in [0.25, 0.3) is 0 Å². The van der Waals surface area contributed by atoms with E-state index < -0.39 is 11.7 Å². The second kappa shape index (κ2) is 9.62. The van der Waals surface area contributed by atoms with Crippen molar-refractivity contribution < 1.29 is 23.8 Å². The van der Waals surface area contributed by atoms with E-state index in [-0.39, 0.29) is 33.4 Å². The molecule has 3 heterocycles. The molecule has 0 amide bonds. The predicted molar refractivity (Wildman–Crippen MR) is 120 cm³/mol. The Morgan fingerprint density at radius 2 is 2.00 bits per heavy atom. The number of pyridine rings is 1. The molecule has 12 heteroatoms. The number of thiophene rings is 1. The van der Waals surface area contributed by atoms with Crippen LogP contribution in [0.15, 0.2) is 51.3 Å². The topological polar surface area (TPSA) is 166 Å². The molecule has 0 aliphatic heterocycles. The number of thioether (sulfide) groups is 1. The summed E-state index contributed by atoms with van der Waals surface area (Å²) in [6.45, 7) is 0. The SMILES string of the molecule is COc1ccc(-[n+]2noc([O-])c2C(=O)CSc2nc(N)c(C#N)c(-c3cccs3)c2C#N)cc1. The standard InChI is InChI=1S/C22H14N6O4S2/c1-31-13-6-4-12(5-7-13)28-19(22(30)32-27-28)16(29)11-34-21-15(10-24)18(17-3-2-8-33-17)14(9-23)20(25)26-21/h2-8H,11H2,1H3,(H2-,25,26,27,29,30). The number of benzene rings is 1. The molecule has 0 saturated heterocycles. The number of carbonyl (C=O) groups is 1. The number of methoxy groups -OCH3 is 1. The number of nitrogens with two attached hydrogens (primary N) is 1. The summed E-state index contributed by atoms with van der Waals surface area (Å²) in [7, 11) is 1.52. The number of Topliss-reactive ketones (excluding diaryl/α,β-unsaturated/α-hetero) is 1. The van der Waals surface area contributed by atoms with Gasteiger partial charge in [-0.05, 0) is 28.3 Å².